The van der Waals surface area contributed by atoms with E-state index < -0.39 is 10.0 Å². The molecule has 0 radical (unpaired) electrons. The summed E-state index contributed by atoms with van der Waals surface area (Å²) in [5, 5.41) is 3.07. The monoisotopic (exact) mass is 478 g/mol. The van der Waals surface area contributed by atoms with Crippen molar-refractivity contribution >= 4 is 31.9 Å². The number of sulfonamides is 1. The molecule has 1 amide bonds. The summed E-state index contributed by atoms with van der Waals surface area (Å²) in [7, 11) is -3.39. The number of rotatable bonds is 6. The van der Waals surface area contributed by atoms with Crippen LogP contribution in [0.2, 0.25) is 0 Å². The van der Waals surface area contributed by atoms with Gasteiger partial charge in [-0.05, 0) is 49.9 Å². The maximum Gasteiger partial charge on any atom is 0.223 e. The Kier molecular flexibility index (Phi) is 7.14. The summed E-state index contributed by atoms with van der Waals surface area (Å²) in [5.74, 6) is -0.171. The molecule has 0 saturated carbocycles. The average molecular weight is 479 g/mol. The van der Waals surface area contributed by atoms with Gasteiger partial charge in [-0.3, -0.25) is 4.79 Å². The van der Waals surface area contributed by atoms with E-state index in [4.69, 9.17) is 0 Å². The Morgan fingerprint density at radius 2 is 1.83 bits per heavy atom. The molecule has 1 unspecified atom stereocenters. The second-order valence-corrected chi connectivity index (χ2v) is 10.6. The van der Waals surface area contributed by atoms with E-state index in [1.165, 1.54) is 9.87 Å². The fraction of sp³-hybridized carbons (Fsp3) is 0.409. The van der Waals surface area contributed by atoms with Crippen molar-refractivity contribution in [1.29, 1.82) is 0 Å². The summed E-state index contributed by atoms with van der Waals surface area (Å²) in [5.41, 5.74) is 3.01. The van der Waals surface area contributed by atoms with Crippen molar-refractivity contribution in [2.45, 2.75) is 38.5 Å². The molecule has 1 N–H and O–H groups in total. The molecule has 0 aromatic heterocycles. The Morgan fingerprint density at radius 1 is 1.17 bits per heavy atom. The molecular weight excluding hydrogens is 452 g/mol. The standard InChI is InChI=1S/C22H27BrN2O3S/c1-16-6-8-19(9-7-16)17(2)24-22(26)20-10-12-25(13-11-20)29(27,28)15-18-4-3-5-21(23)14-18/h3-9,14,17,20H,10-13,15H2,1-2H3,(H,24,26). The summed E-state index contributed by atoms with van der Waals surface area (Å²) < 4.78 is 27.9. The predicted molar refractivity (Wildman–Crippen MR) is 119 cm³/mol. The third-order valence-electron chi connectivity index (χ3n) is 5.39. The van der Waals surface area contributed by atoms with E-state index in [0.29, 0.717) is 25.9 Å². The van der Waals surface area contributed by atoms with Crippen LogP contribution < -0.4 is 5.32 Å². The topological polar surface area (TPSA) is 66.5 Å². The van der Waals surface area contributed by atoms with Crippen LogP contribution >= 0.6 is 15.9 Å². The zero-order valence-corrected chi connectivity index (χ0v) is 19.2. The van der Waals surface area contributed by atoms with Gasteiger partial charge < -0.3 is 5.32 Å². The van der Waals surface area contributed by atoms with E-state index >= 15 is 0 Å². The molecule has 29 heavy (non-hydrogen) atoms. The Bertz CT molecular complexity index is 952. The van der Waals surface area contributed by atoms with Gasteiger partial charge in [-0.15, -0.1) is 0 Å². The van der Waals surface area contributed by atoms with Crippen molar-refractivity contribution in [2.75, 3.05) is 13.1 Å². The zero-order chi connectivity index (χ0) is 21.0. The summed E-state index contributed by atoms with van der Waals surface area (Å²) in [6.07, 6.45) is 1.09. The number of nitrogens with one attached hydrogen (secondary N) is 1. The summed E-state index contributed by atoms with van der Waals surface area (Å²) in [4.78, 5) is 12.6. The average Bonchev–Trinajstić information content (AvgIpc) is 2.68. The first-order valence-corrected chi connectivity index (χ1v) is 12.2. The Hall–Kier alpha value is -1.70. The summed E-state index contributed by atoms with van der Waals surface area (Å²) >= 11 is 3.38. The Balaban J connectivity index is 1.54. The van der Waals surface area contributed by atoms with Crippen molar-refractivity contribution in [2.24, 2.45) is 5.92 Å². The highest BCUT2D eigenvalue weighted by Crippen LogP contribution is 2.24. The molecule has 1 fully saturated rings. The van der Waals surface area contributed by atoms with Gasteiger partial charge in [0.25, 0.3) is 0 Å². The normalized spacial score (nSPS) is 17.1. The van der Waals surface area contributed by atoms with Crippen molar-refractivity contribution in [3.63, 3.8) is 0 Å². The van der Waals surface area contributed by atoms with E-state index in [0.717, 1.165) is 15.6 Å². The lowest BCUT2D eigenvalue weighted by Crippen LogP contribution is -2.43. The summed E-state index contributed by atoms with van der Waals surface area (Å²) in [6.45, 7) is 4.77. The molecule has 1 atom stereocenters. The van der Waals surface area contributed by atoms with Gasteiger partial charge >= 0.3 is 0 Å². The first-order valence-electron chi connectivity index (χ1n) is 9.84. The van der Waals surface area contributed by atoms with Crippen LogP contribution in [-0.4, -0.2) is 31.7 Å². The fourth-order valence-corrected chi connectivity index (χ4v) is 5.59. The first-order chi connectivity index (χ1) is 13.7. The van der Waals surface area contributed by atoms with Crippen molar-refractivity contribution in [1.82, 2.24) is 9.62 Å². The zero-order valence-electron chi connectivity index (χ0n) is 16.8. The maximum absolute atomic E-state index is 12.7. The van der Waals surface area contributed by atoms with Crippen LogP contribution in [0.15, 0.2) is 53.0 Å². The number of hydrogen-bond donors (Lipinski definition) is 1. The number of piperidine rings is 1. The SMILES string of the molecule is Cc1ccc(C(C)NC(=O)C2CCN(S(=O)(=O)Cc3cccc(Br)c3)CC2)cc1. The third-order valence-corrected chi connectivity index (χ3v) is 7.74. The van der Waals surface area contributed by atoms with Crippen LogP contribution in [0.4, 0.5) is 0 Å². The molecule has 1 aliphatic heterocycles. The van der Waals surface area contributed by atoms with Gasteiger partial charge in [-0.25, -0.2) is 12.7 Å². The highest BCUT2D eigenvalue weighted by molar-refractivity contribution is 9.10. The lowest BCUT2D eigenvalue weighted by atomic mass is 9.96. The van der Waals surface area contributed by atoms with E-state index in [9.17, 15) is 13.2 Å². The van der Waals surface area contributed by atoms with Gasteiger partial charge in [0, 0.05) is 23.5 Å². The van der Waals surface area contributed by atoms with Crippen LogP contribution in [-0.2, 0) is 20.6 Å². The molecule has 5 nitrogen and oxygen atoms in total. The Morgan fingerprint density at radius 3 is 2.45 bits per heavy atom. The second-order valence-electron chi connectivity index (χ2n) is 7.70. The molecule has 3 rings (SSSR count). The number of amides is 1. The molecule has 2 aromatic rings. The van der Waals surface area contributed by atoms with Gasteiger partial charge in [-0.1, -0.05) is 57.9 Å². The molecule has 7 heteroatoms. The van der Waals surface area contributed by atoms with Gasteiger partial charge in [0.15, 0.2) is 0 Å². The molecule has 156 valence electrons. The lowest BCUT2D eigenvalue weighted by molar-refractivity contribution is -0.126. The molecule has 0 bridgehead atoms. The van der Waals surface area contributed by atoms with E-state index in [-0.39, 0.29) is 23.6 Å². The number of benzene rings is 2. The quantitative estimate of drug-likeness (QED) is 0.676. The molecule has 1 aliphatic rings. The molecule has 1 heterocycles. The maximum atomic E-state index is 12.7. The van der Waals surface area contributed by atoms with Crippen molar-refractivity contribution < 1.29 is 13.2 Å². The predicted octanol–water partition coefficient (Wildman–Crippen LogP) is 4.18. The molecule has 0 aliphatic carbocycles. The number of nitrogens with zero attached hydrogens (tertiary/aromatic N) is 1. The first kappa shape index (κ1) is 22.0. The smallest absolute Gasteiger partial charge is 0.223 e. The Labute approximate surface area is 181 Å². The van der Waals surface area contributed by atoms with Gasteiger partial charge in [-0.2, -0.15) is 0 Å². The summed E-state index contributed by atoms with van der Waals surface area (Å²) in [6, 6.07) is 15.4. The second kappa shape index (κ2) is 9.41. The minimum absolute atomic E-state index is 0.00196. The number of carbonyl (C=O) groups excluding carboxylic acids is 1. The van der Waals surface area contributed by atoms with Gasteiger partial charge in [0.2, 0.25) is 15.9 Å². The number of hydrogen-bond acceptors (Lipinski definition) is 3. The van der Waals surface area contributed by atoms with Crippen LogP contribution in [0.1, 0.15) is 42.5 Å². The number of halogens is 1. The van der Waals surface area contributed by atoms with Crippen molar-refractivity contribution in [3.05, 3.63) is 69.7 Å². The number of aryl methyl sites for hydroxylation is 1. The third kappa shape index (κ3) is 5.90. The highest BCUT2D eigenvalue weighted by Gasteiger charge is 2.31. The largest absolute Gasteiger partial charge is 0.349 e. The van der Waals surface area contributed by atoms with Gasteiger partial charge in [0.1, 0.15) is 0 Å². The minimum Gasteiger partial charge on any atom is -0.349 e. The van der Waals surface area contributed by atoms with Crippen LogP contribution in [0.5, 0.6) is 0 Å². The highest BCUT2D eigenvalue weighted by atomic mass is 79.9. The van der Waals surface area contributed by atoms with Crippen LogP contribution in [0.3, 0.4) is 0 Å². The lowest BCUT2D eigenvalue weighted by Gasteiger charge is -2.31. The molecular formula is C22H27BrN2O3S. The van der Waals surface area contributed by atoms with Crippen molar-refractivity contribution in [3.8, 4) is 0 Å². The number of carbonyl (C=O) groups is 1. The molecule has 0 spiro atoms. The van der Waals surface area contributed by atoms with Crippen LogP contribution in [0.25, 0.3) is 0 Å². The molecule has 2 aromatic carbocycles. The van der Waals surface area contributed by atoms with E-state index in [1.54, 1.807) is 0 Å². The van der Waals surface area contributed by atoms with Crippen LogP contribution in [0, 0.1) is 12.8 Å². The van der Waals surface area contributed by atoms with E-state index in [1.807, 2.05) is 62.4 Å². The minimum atomic E-state index is -3.39. The fourth-order valence-electron chi connectivity index (χ4n) is 3.59. The van der Waals surface area contributed by atoms with Gasteiger partial charge in [0.05, 0.1) is 11.8 Å². The van der Waals surface area contributed by atoms with E-state index in [2.05, 4.69) is 21.2 Å². The molecule has 1 saturated heterocycles.